The molecule has 3 atom stereocenters. The quantitative estimate of drug-likeness (QED) is 0.177. The maximum Gasteiger partial charge on any atom is 0.0468 e. The Bertz CT molecular complexity index is 2460. The number of anilines is 3. The minimum atomic E-state index is 0.149. The van der Waals surface area contributed by atoms with Crippen molar-refractivity contribution in [3.05, 3.63) is 162 Å². The van der Waals surface area contributed by atoms with E-state index in [1.165, 1.54) is 108 Å². The molecule has 6 bridgehead atoms. The van der Waals surface area contributed by atoms with Gasteiger partial charge in [-0.05, 0) is 179 Å². The van der Waals surface area contributed by atoms with E-state index in [9.17, 15) is 0 Å². The number of hydrogen-bond donors (Lipinski definition) is 0. The van der Waals surface area contributed by atoms with Gasteiger partial charge in [-0.15, -0.1) is 0 Å². The topological polar surface area (TPSA) is 3.24 Å². The Morgan fingerprint density at radius 1 is 0.389 bits per heavy atom. The maximum absolute atomic E-state index is 2.63. The molecule has 6 fully saturated rings. The SMILES string of the molecule is c1ccc(-c2ccc(N(c3ccc4c(c3)-c3ccccc3C43C4CC5CC(C4)CC3C5)c3ccc4c(c3)C3(CC5CCC3C5)c3ccccc3-4)cc2)cc1. The van der Waals surface area contributed by atoms with E-state index in [0.717, 1.165) is 35.5 Å². The first-order chi connectivity index (χ1) is 26.7. The molecule has 14 rings (SSSR count). The molecule has 0 aromatic heterocycles. The summed E-state index contributed by atoms with van der Waals surface area (Å²) >= 11 is 0. The van der Waals surface area contributed by atoms with E-state index in [1.54, 1.807) is 22.3 Å². The van der Waals surface area contributed by atoms with Crippen LogP contribution in [0.15, 0.2) is 140 Å². The molecule has 0 aliphatic heterocycles. The Hall–Kier alpha value is -4.88. The van der Waals surface area contributed by atoms with Crippen LogP contribution in [0.2, 0.25) is 0 Å². The average Bonchev–Trinajstić information content (AvgIpc) is 3.97. The van der Waals surface area contributed by atoms with Gasteiger partial charge < -0.3 is 4.90 Å². The van der Waals surface area contributed by atoms with Crippen LogP contribution in [0.4, 0.5) is 17.1 Å². The smallest absolute Gasteiger partial charge is 0.0468 e. The molecule has 0 N–H and O–H groups in total. The lowest BCUT2D eigenvalue weighted by molar-refractivity contribution is -0.0399. The summed E-state index contributed by atoms with van der Waals surface area (Å²) in [4.78, 5) is 2.59. The lowest BCUT2D eigenvalue weighted by atomic mass is 9.43. The van der Waals surface area contributed by atoms with Gasteiger partial charge in [-0.2, -0.15) is 0 Å². The summed E-state index contributed by atoms with van der Waals surface area (Å²) in [5.41, 5.74) is 19.0. The molecule has 54 heavy (non-hydrogen) atoms. The largest absolute Gasteiger partial charge is 0.310 e. The average molecular weight is 698 g/mol. The fourth-order valence-electron chi connectivity index (χ4n) is 14.7. The molecule has 8 aliphatic rings. The minimum Gasteiger partial charge on any atom is -0.310 e. The highest BCUT2D eigenvalue weighted by Crippen LogP contribution is 2.70. The second-order valence-electron chi connectivity index (χ2n) is 18.5. The molecule has 3 unspecified atom stereocenters. The Kier molecular flexibility index (Phi) is 6.13. The summed E-state index contributed by atoms with van der Waals surface area (Å²) in [5.74, 6) is 5.06. The van der Waals surface area contributed by atoms with Gasteiger partial charge in [0.15, 0.2) is 0 Å². The second-order valence-corrected chi connectivity index (χ2v) is 18.5. The molecular weight excluding hydrogens is 651 g/mol. The second kappa shape index (κ2) is 10.9. The monoisotopic (exact) mass is 697 g/mol. The van der Waals surface area contributed by atoms with Crippen LogP contribution in [-0.2, 0) is 10.8 Å². The number of hydrogen-bond acceptors (Lipinski definition) is 1. The molecule has 6 aromatic carbocycles. The highest BCUT2D eigenvalue weighted by molar-refractivity contribution is 5.90. The van der Waals surface area contributed by atoms with Crippen molar-refractivity contribution in [3.8, 4) is 33.4 Å². The lowest BCUT2D eigenvalue weighted by Gasteiger charge is -2.61. The molecule has 8 aliphatic carbocycles. The maximum atomic E-state index is 2.63. The Morgan fingerprint density at radius 3 is 1.69 bits per heavy atom. The van der Waals surface area contributed by atoms with E-state index >= 15 is 0 Å². The number of rotatable bonds is 4. The molecule has 264 valence electrons. The van der Waals surface area contributed by atoms with Crippen LogP contribution in [0.25, 0.3) is 33.4 Å². The van der Waals surface area contributed by atoms with E-state index in [1.807, 2.05) is 0 Å². The minimum absolute atomic E-state index is 0.149. The summed E-state index contributed by atoms with van der Waals surface area (Å²) in [6.07, 6.45) is 12.6. The Labute approximate surface area is 320 Å². The molecule has 0 amide bonds. The molecule has 0 saturated heterocycles. The van der Waals surface area contributed by atoms with Crippen molar-refractivity contribution >= 4 is 17.1 Å². The van der Waals surface area contributed by atoms with E-state index in [0.29, 0.717) is 0 Å². The molecule has 0 radical (unpaired) electrons. The molecule has 6 aromatic rings. The van der Waals surface area contributed by atoms with Crippen LogP contribution >= 0.6 is 0 Å². The molecule has 1 nitrogen and oxygen atoms in total. The number of fused-ring (bicyclic) bond motifs is 11. The summed E-state index contributed by atoms with van der Waals surface area (Å²) in [6.45, 7) is 0. The van der Waals surface area contributed by atoms with Crippen LogP contribution in [0.5, 0.6) is 0 Å². The first kappa shape index (κ1) is 30.4. The fraction of sp³-hybridized carbons (Fsp3) is 0.321. The van der Waals surface area contributed by atoms with Crippen molar-refractivity contribution in [1.82, 2.24) is 0 Å². The van der Waals surface area contributed by atoms with Gasteiger partial charge in [0.25, 0.3) is 0 Å². The van der Waals surface area contributed by atoms with Crippen LogP contribution in [-0.4, -0.2) is 0 Å². The van der Waals surface area contributed by atoms with E-state index < -0.39 is 0 Å². The zero-order valence-corrected chi connectivity index (χ0v) is 31.1. The third-order valence-corrected chi connectivity index (χ3v) is 16.3. The van der Waals surface area contributed by atoms with Gasteiger partial charge >= 0.3 is 0 Å². The predicted octanol–water partition coefficient (Wildman–Crippen LogP) is 13.6. The zero-order valence-electron chi connectivity index (χ0n) is 31.1. The van der Waals surface area contributed by atoms with E-state index in [2.05, 4.69) is 144 Å². The Morgan fingerprint density at radius 2 is 0.963 bits per heavy atom. The number of nitrogens with zero attached hydrogens (tertiary/aromatic N) is 1. The first-order valence-electron chi connectivity index (χ1n) is 21.1. The zero-order chi connectivity index (χ0) is 35.2. The standard InChI is InChI=1S/C53H47N/c1-2-8-36(9-3-1)37-15-18-41(19-16-37)54(43-20-22-46-44-10-4-6-12-48(44)52(51(46)31-43)32-33-14-17-38(52)25-33)42-21-23-50-47(30-42)45-11-5-7-13-49(45)53(50)39-26-34-24-35(28-39)29-40(53)27-34/h1-13,15-16,18-23,30-31,33-35,38-40H,14,17,24-29,32H2. The summed E-state index contributed by atoms with van der Waals surface area (Å²) in [7, 11) is 0. The molecule has 6 saturated carbocycles. The highest BCUT2D eigenvalue weighted by atomic mass is 15.1. The van der Waals surface area contributed by atoms with E-state index in [4.69, 9.17) is 0 Å². The molecule has 2 spiro atoms. The van der Waals surface area contributed by atoms with Gasteiger partial charge in [0, 0.05) is 27.9 Å². The van der Waals surface area contributed by atoms with Gasteiger partial charge in [0.1, 0.15) is 0 Å². The lowest BCUT2D eigenvalue weighted by Crippen LogP contribution is -2.55. The normalized spacial score (nSPS) is 31.2. The van der Waals surface area contributed by atoms with Gasteiger partial charge in [-0.25, -0.2) is 0 Å². The van der Waals surface area contributed by atoms with E-state index in [-0.39, 0.29) is 10.8 Å². The molecule has 1 heteroatoms. The third kappa shape index (κ3) is 3.86. The number of benzene rings is 6. The predicted molar refractivity (Wildman–Crippen MR) is 221 cm³/mol. The van der Waals surface area contributed by atoms with Crippen LogP contribution in [0.3, 0.4) is 0 Å². The van der Waals surface area contributed by atoms with Crippen LogP contribution in [0, 0.1) is 35.5 Å². The summed E-state index contributed by atoms with van der Waals surface area (Å²) in [5, 5.41) is 0. The van der Waals surface area contributed by atoms with Gasteiger partial charge in [0.05, 0.1) is 0 Å². The van der Waals surface area contributed by atoms with Crippen molar-refractivity contribution in [2.75, 3.05) is 4.90 Å². The Balaban J connectivity index is 0.998. The van der Waals surface area contributed by atoms with Crippen molar-refractivity contribution in [1.29, 1.82) is 0 Å². The van der Waals surface area contributed by atoms with Gasteiger partial charge in [0.2, 0.25) is 0 Å². The van der Waals surface area contributed by atoms with Gasteiger partial charge in [-0.3, -0.25) is 0 Å². The fourth-order valence-corrected chi connectivity index (χ4v) is 14.7. The van der Waals surface area contributed by atoms with Crippen molar-refractivity contribution in [3.63, 3.8) is 0 Å². The third-order valence-electron chi connectivity index (χ3n) is 16.3. The van der Waals surface area contributed by atoms with Crippen LogP contribution in [0.1, 0.15) is 80.0 Å². The van der Waals surface area contributed by atoms with Gasteiger partial charge in [-0.1, -0.05) is 110 Å². The summed E-state index contributed by atoms with van der Waals surface area (Å²) in [6, 6.07) is 54.4. The summed E-state index contributed by atoms with van der Waals surface area (Å²) < 4.78 is 0. The van der Waals surface area contributed by atoms with Crippen molar-refractivity contribution in [2.24, 2.45) is 35.5 Å². The highest BCUT2D eigenvalue weighted by Gasteiger charge is 2.62. The van der Waals surface area contributed by atoms with Crippen molar-refractivity contribution in [2.45, 2.75) is 68.6 Å². The molecular formula is C53H47N. The van der Waals surface area contributed by atoms with Crippen LogP contribution < -0.4 is 4.90 Å². The molecule has 0 heterocycles. The first-order valence-corrected chi connectivity index (χ1v) is 21.1. The van der Waals surface area contributed by atoms with Crippen molar-refractivity contribution < 1.29 is 0 Å².